The van der Waals surface area contributed by atoms with Crippen molar-refractivity contribution in [2.24, 2.45) is 0 Å². The molecule has 2 amide bonds. The van der Waals surface area contributed by atoms with Gasteiger partial charge in [-0.25, -0.2) is 0 Å². The molecule has 6 heteroatoms. The molecule has 0 aliphatic carbocycles. The highest BCUT2D eigenvalue weighted by Crippen LogP contribution is 2.35. The number of fused-ring (bicyclic) bond motifs is 1. The van der Waals surface area contributed by atoms with Gasteiger partial charge in [0.05, 0.1) is 18.2 Å². The lowest BCUT2D eigenvalue weighted by Crippen LogP contribution is -2.26. The lowest BCUT2D eigenvalue weighted by atomic mass is 9.96. The highest BCUT2D eigenvalue weighted by atomic mass is 16.5. The Morgan fingerprint density at radius 1 is 1.38 bits per heavy atom. The van der Waals surface area contributed by atoms with Crippen LogP contribution in [-0.4, -0.2) is 17.0 Å². The van der Waals surface area contributed by atoms with Crippen LogP contribution in [0, 0.1) is 6.92 Å². The Kier molecular flexibility index (Phi) is 4.38. The number of rotatable bonds is 5. The van der Waals surface area contributed by atoms with E-state index in [0.717, 1.165) is 22.5 Å². The van der Waals surface area contributed by atoms with Crippen molar-refractivity contribution in [3.8, 4) is 0 Å². The summed E-state index contributed by atoms with van der Waals surface area (Å²) < 4.78 is 5.19. The average molecular weight is 327 g/mol. The van der Waals surface area contributed by atoms with Crippen LogP contribution in [0.25, 0.3) is 0 Å². The number of hydrogen-bond donors (Lipinski definition) is 2. The third-order valence-corrected chi connectivity index (χ3v) is 4.18. The molecule has 0 spiro atoms. The molecule has 2 N–H and O–H groups in total. The maximum atomic E-state index is 12.2. The number of anilines is 1. The second-order valence-corrected chi connectivity index (χ2v) is 6.49. The largest absolute Gasteiger partial charge is 0.359 e. The van der Waals surface area contributed by atoms with Crippen LogP contribution in [0.2, 0.25) is 0 Å². The molecule has 0 saturated heterocycles. The van der Waals surface area contributed by atoms with Gasteiger partial charge in [-0.2, -0.15) is 0 Å². The van der Waals surface area contributed by atoms with Gasteiger partial charge in [-0.1, -0.05) is 31.1 Å². The predicted octanol–water partition coefficient (Wildman–Crippen LogP) is 2.85. The van der Waals surface area contributed by atoms with Crippen molar-refractivity contribution in [1.29, 1.82) is 0 Å². The van der Waals surface area contributed by atoms with Crippen LogP contribution in [0.1, 0.15) is 54.7 Å². The molecule has 1 aromatic heterocycles. The van der Waals surface area contributed by atoms with E-state index in [2.05, 4.69) is 15.8 Å². The van der Waals surface area contributed by atoms with E-state index in [0.29, 0.717) is 5.76 Å². The van der Waals surface area contributed by atoms with Gasteiger partial charge in [0.1, 0.15) is 0 Å². The van der Waals surface area contributed by atoms with Crippen molar-refractivity contribution in [2.45, 2.75) is 45.6 Å². The number of aryl methyl sites for hydroxylation is 1. The van der Waals surface area contributed by atoms with E-state index in [1.807, 2.05) is 45.0 Å². The number of benzene rings is 1. The van der Waals surface area contributed by atoms with E-state index in [4.69, 9.17) is 4.52 Å². The van der Waals surface area contributed by atoms with E-state index in [1.54, 1.807) is 0 Å². The molecule has 24 heavy (non-hydrogen) atoms. The van der Waals surface area contributed by atoms with Gasteiger partial charge < -0.3 is 15.2 Å². The van der Waals surface area contributed by atoms with Crippen molar-refractivity contribution < 1.29 is 14.1 Å². The maximum Gasteiger partial charge on any atom is 0.232 e. The molecule has 1 unspecified atom stereocenters. The molecule has 126 valence electrons. The normalized spacial score (nSPS) is 16.2. The fraction of sp³-hybridized carbons (Fsp3) is 0.389. The Morgan fingerprint density at radius 3 is 2.88 bits per heavy atom. The predicted molar refractivity (Wildman–Crippen MR) is 89.6 cm³/mol. The fourth-order valence-corrected chi connectivity index (χ4v) is 2.77. The van der Waals surface area contributed by atoms with Gasteiger partial charge >= 0.3 is 0 Å². The van der Waals surface area contributed by atoms with Crippen LogP contribution < -0.4 is 10.6 Å². The summed E-state index contributed by atoms with van der Waals surface area (Å²) in [5.74, 6) is 0.124. The molecular weight excluding hydrogens is 306 g/mol. The van der Waals surface area contributed by atoms with Crippen molar-refractivity contribution >= 4 is 17.5 Å². The van der Waals surface area contributed by atoms with E-state index in [1.165, 1.54) is 0 Å². The van der Waals surface area contributed by atoms with Crippen molar-refractivity contribution in [3.05, 3.63) is 46.8 Å². The average Bonchev–Trinajstić information content (AvgIpc) is 3.10. The van der Waals surface area contributed by atoms with Gasteiger partial charge in [0.2, 0.25) is 11.8 Å². The molecule has 1 aromatic carbocycles. The first-order valence-electron chi connectivity index (χ1n) is 8.07. The zero-order chi connectivity index (χ0) is 17.3. The zero-order valence-corrected chi connectivity index (χ0v) is 14.1. The highest BCUT2D eigenvalue weighted by molar-refractivity contribution is 6.05. The lowest BCUT2D eigenvalue weighted by Gasteiger charge is -2.09. The molecule has 0 bridgehead atoms. The van der Waals surface area contributed by atoms with Crippen LogP contribution in [-0.2, 0) is 16.1 Å². The maximum absolute atomic E-state index is 12.2. The summed E-state index contributed by atoms with van der Waals surface area (Å²) in [6.45, 7) is 6.29. The second-order valence-electron chi connectivity index (χ2n) is 6.49. The first-order valence-corrected chi connectivity index (χ1v) is 8.07. The van der Waals surface area contributed by atoms with E-state index >= 15 is 0 Å². The molecule has 0 saturated carbocycles. The van der Waals surface area contributed by atoms with E-state index < -0.39 is 5.92 Å². The van der Waals surface area contributed by atoms with Crippen LogP contribution in [0.3, 0.4) is 0 Å². The molecule has 2 aromatic rings. The standard InChI is InChI=1S/C18H21N3O3/c1-10(2)15-7-12(24-21-15)9-19-17(22)8-14-13-5-4-11(3)6-16(13)20-18(14)23/h4-7,10,14H,8-9H2,1-3H3,(H,19,22)(H,20,23). The number of carbonyl (C=O) groups is 2. The Morgan fingerprint density at radius 2 is 2.17 bits per heavy atom. The van der Waals surface area contributed by atoms with Gasteiger partial charge in [0.25, 0.3) is 0 Å². The molecule has 1 aliphatic heterocycles. The minimum atomic E-state index is -0.443. The molecular formula is C18H21N3O3. The Hall–Kier alpha value is -2.63. The van der Waals surface area contributed by atoms with Gasteiger partial charge in [0, 0.05) is 18.2 Å². The minimum absolute atomic E-state index is 0.118. The molecule has 1 atom stereocenters. The third-order valence-electron chi connectivity index (χ3n) is 4.18. The summed E-state index contributed by atoms with van der Waals surface area (Å²) in [7, 11) is 0. The second kappa shape index (κ2) is 6.47. The van der Waals surface area contributed by atoms with Crippen LogP contribution in [0.15, 0.2) is 28.8 Å². The smallest absolute Gasteiger partial charge is 0.232 e. The summed E-state index contributed by atoms with van der Waals surface area (Å²) in [5.41, 5.74) is 3.61. The highest BCUT2D eigenvalue weighted by Gasteiger charge is 2.32. The number of nitrogens with one attached hydrogen (secondary N) is 2. The summed E-state index contributed by atoms with van der Waals surface area (Å²) in [6.07, 6.45) is 0.118. The first-order chi connectivity index (χ1) is 11.4. The summed E-state index contributed by atoms with van der Waals surface area (Å²) in [6, 6.07) is 7.62. The van der Waals surface area contributed by atoms with Crippen LogP contribution in [0.5, 0.6) is 0 Å². The molecule has 0 fully saturated rings. The number of amides is 2. The number of carbonyl (C=O) groups excluding carboxylic acids is 2. The van der Waals surface area contributed by atoms with Gasteiger partial charge in [0.15, 0.2) is 5.76 Å². The molecule has 1 aliphatic rings. The molecule has 3 rings (SSSR count). The SMILES string of the molecule is Cc1ccc2c(c1)NC(=O)C2CC(=O)NCc1cc(C(C)C)no1. The van der Waals surface area contributed by atoms with Crippen molar-refractivity contribution in [3.63, 3.8) is 0 Å². The van der Waals surface area contributed by atoms with Gasteiger partial charge in [-0.15, -0.1) is 0 Å². The quantitative estimate of drug-likeness (QED) is 0.884. The third kappa shape index (κ3) is 3.32. The van der Waals surface area contributed by atoms with Crippen LogP contribution in [0.4, 0.5) is 5.69 Å². The molecule has 0 radical (unpaired) electrons. The summed E-state index contributed by atoms with van der Waals surface area (Å²) in [4.78, 5) is 24.3. The van der Waals surface area contributed by atoms with Gasteiger partial charge in [-0.3, -0.25) is 9.59 Å². The Balaban J connectivity index is 1.60. The number of hydrogen-bond acceptors (Lipinski definition) is 4. The first kappa shape index (κ1) is 16.2. The van der Waals surface area contributed by atoms with Crippen molar-refractivity contribution in [1.82, 2.24) is 10.5 Å². The molecule has 6 nitrogen and oxygen atoms in total. The van der Waals surface area contributed by atoms with Crippen molar-refractivity contribution in [2.75, 3.05) is 5.32 Å². The lowest BCUT2D eigenvalue weighted by molar-refractivity contribution is -0.125. The summed E-state index contributed by atoms with van der Waals surface area (Å²) in [5, 5.41) is 9.58. The topological polar surface area (TPSA) is 84.2 Å². The monoisotopic (exact) mass is 327 g/mol. The van der Waals surface area contributed by atoms with E-state index in [9.17, 15) is 9.59 Å². The van der Waals surface area contributed by atoms with Gasteiger partial charge in [-0.05, 0) is 30.0 Å². The zero-order valence-electron chi connectivity index (χ0n) is 14.1. The molecule has 2 heterocycles. The Labute approximate surface area is 140 Å². The van der Waals surface area contributed by atoms with E-state index in [-0.39, 0.29) is 30.7 Å². The van der Waals surface area contributed by atoms with Crippen LogP contribution >= 0.6 is 0 Å². The fourth-order valence-electron chi connectivity index (χ4n) is 2.77. The Bertz CT molecular complexity index is 780. The summed E-state index contributed by atoms with van der Waals surface area (Å²) >= 11 is 0. The number of nitrogens with zero attached hydrogens (tertiary/aromatic N) is 1. The number of aromatic nitrogens is 1. The minimum Gasteiger partial charge on any atom is -0.359 e.